The molecule has 1 aromatic rings. The van der Waals surface area contributed by atoms with Crippen LogP contribution in [0.2, 0.25) is 0 Å². The van der Waals surface area contributed by atoms with Gasteiger partial charge in [-0.1, -0.05) is 12.1 Å². The summed E-state index contributed by atoms with van der Waals surface area (Å²) in [5, 5.41) is 7.21. The third-order valence-corrected chi connectivity index (χ3v) is 8.79. The molecule has 0 bridgehead atoms. The molecule has 2 aliphatic heterocycles. The number of hydrogen-bond acceptors (Lipinski definition) is 6. The number of carbonyl (C=O) groups excluding carboxylic acids is 1. The number of hydrogen-bond donors (Lipinski definition) is 1. The molecule has 2 saturated carbocycles. The highest BCUT2D eigenvalue weighted by Crippen LogP contribution is 2.43. The molecule has 2 saturated heterocycles. The van der Waals surface area contributed by atoms with Crippen LogP contribution in [0.3, 0.4) is 0 Å². The molecular formula is C25H40F2N6O2. The molecule has 4 fully saturated rings. The van der Waals surface area contributed by atoms with Crippen molar-refractivity contribution in [2.45, 2.75) is 101 Å². The summed E-state index contributed by atoms with van der Waals surface area (Å²) in [6, 6.07) is -0.0840. The van der Waals surface area contributed by atoms with E-state index in [9.17, 15) is 9.18 Å². The minimum absolute atomic E-state index is 0.0478. The van der Waals surface area contributed by atoms with E-state index in [0.29, 0.717) is 56.5 Å². The van der Waals surface area contributed by atoms with Gasteiger partial charge in [-0.25, -0.2) is 13.6 Å². The summed E-state index contributed by atoms with van der Waals surface area (Å²) >= 11 is 0. The zero-order valence-electron chi connectivity index (χ0n) is 21.3. The van der Waals surface area contributed by atoms with Gasteiger partial charge in [0.2, 0.25) is 5.89 Å². The Balaban J connectivity index is 1.17. The Bertz CT molecular complexity index is 881. The molecule has 0 spiro atoms. The molecular weight excluding hydrogens is 454 g/mol. The van der Waals surface area contributed by atoms with Gasteiger partial charge in [0.1, 0.15) is 12.3 Å². The lowest BCUT2D eigenvalue weighted by Gasteiger charge is -2.46. The van der Waals surface area contributed by atoms with Crippen LogP contribution in [0.25, 0.3) is 0 Å². The number of likely N-dealkylation sites (tertiary alicyclic amines) is 1. The highest BCUT2D eigenvalue weighted by Gasteiger charge is 2.46. The van der Waals surface area contributed by atoms with Crippen LogP contribution < -0.4 is 5.32 Å². The fraction of sp³-hybridized carbons (Fsp3) is 0.880. The van der Waals surface area contributed by atoms with Gasteiger partial charge in [0.15, 0.2) is 5.82 Å². The monoisotopic (exact) mass is 494 g/mol. The zero-order valence-corrected chi connectivity index (χ0v) is 21.3. The van der Waals surface area contributed by atoms with Crippen molar-refractivity contribution in [2.24, 2.45) is 0 Å². The second kappa shape index (κ2) is 9.92. The number of halogens is 2. The van der Waals surface area contributed by atoms with E-state index in [4.69, 9.17) is 4.52 Å². The Morgan fingerprint density at radius 3 is 2.40 bits per heavy atom. The van der Waals surface area contributed by atoms with Crippen molar-refractivity contribution in [1.29, 1.82) is 0 Å². The van der Waals surface area contributed by atoms with Crippen LogP contribution >= 0.6 is 0 Å². The minimum Gasteiger partial charge on any atom is -0.339 e. The van der Waals surface area contributed by atoms with Crippen molar-refractivity contribution < 1.29 is 18.1 Å². The Labute approximate surface area is 206 Å². The van der Waals surface area contributed by atoms with Crippen molar-refractivity contribution in [1.82, 2.24) is 30.2 Å². The lowest BCUT2D eigenvalue weighted by Crippen LogP contribution is -2.63. The summed E-state index contributed by atoms with van der Waals surface area (Å²) in [6.45, 7) is 11.4. The van der Waals surface area contributed by atoms with E-state index in [1.54, 1.807) is 4.90 Å². The number of piperazine rings is 1. The van der Waals surface area contributed by atoms with Crippen molar-refractivity contribution in [3.8, 4) is 0 Å². The third kappa shape index (κ3) is 5.19. The van der Waals surface area contributed by atoms with Crippen LogP contribution in [0.1, 0.15) is 76.9 Å². The van der Waals surface area contributed by atoms with E-state index in [1.807, 2.05) is 0 Å². The molecule has 4 aliphatic rings. The second-order valence-corrected chi connectivity index (χ2v) is 11.5. The van der Waals surface area contributed by atoms with Gasteiger partial charge in [-0.2, -0.15) is 4.98 Å². The largest absolute Gasteiger partial charge is 0.339 e. The number of nitrogens with zero attached hydrogens (tertiary/aromatic N) is 5. The smallest absolute Gasteiger partial charge is 0.317 e. The van der Waals surface area contributed by atoms with Gasteiger partial charge >= 0.3 is 6.03 Å². The molecule has 1 aromatic heterocycles. The predicted molar refractivity (Wildman–Crippen MR) is 128 cm³/mol. The topological polar surface area (TPSA) is 77.7 Å². The quantitative estimate of drug-likeness (QED) is 0.677. The molecule has 0 radical (unpaired) electrons. The fourth-order valence-corrected chi connectivity index (χ4v) is 6.02. The summed E-state index contributed by atoms with van der Waals surface area (Å²) in [4.78, 5) is 24.3. The molecule has 8 nitrogen and oxygen atoms in total. The first-order valence-corrected chi connectivity index (χ1v) is 13.4. The van der Waals surface area contributed by atoms with Gasteiger partial charge < -0.3 is 14.7 Å². The zero-order chi connectivity index (χ0) is 24.7. The highest BCUT2D eigenvalue weighted by atomic mass is 19.1. The lowest BCUT2D eigenvalue weighted by molar-refractivity contribution is 0.0264. The molecule has 35 heavy (non-hydrogen) atoms. The fourth-order valence-electron chi connectivity index (χ4n) is 6.02. The number of rotatable bonds is 5. The van der Waals surface area contributed by atoms with Gasteiger partial charge in [0.05, 0.1) is 12.0 Å². The van der Waals surface area contributed by atoms with E-state index >= 15 is 4.39 Å². The molecule has 2 aliphatic carbocycles. The molecule has 5 rings (SSSR count). The van der Waals surface area contributed by atoms with Crippen molar-refractivity contribution in [2.75, 3.05) is 39.3 Å². The van der Waals surface area contributed by atoms with Crippen molar-refractivity contribution in [3.05, 3.63) is 11.7 Å². The van der Waals surface area contributed by atoms with E-state index < -0.39 is 18.4 Å². The summed E-state index contributed by atoms with van der Waals surface area (Å²) < 4.78 is 33.8. The van der Waals surface area contributed by atoms with Gasteiger partial charge in [-0.05, 0) is 52.4 Å². The molecule has 0 aromatic carbocycles. The van der Waals surface area contributed by atoms with Gasteiger partial charge in [-0.3, -0.25) is 9.80 Å². The molecule has 10 heteroatoms. The van der Waals surface area contributed by atoms with Crippen LogP contribution in [0, 0.1) is 0 Å². The highest BCUT2D eigenvalue weighted by molar-refractivity contribution is 5.75. The Morgan fingerprint density at radius 1 is 1.09 bits per heavy atom. The van der Waals surface area contributed by atoms with Crippen LogP contribution in [0.4, 0.5) is 13.6 Å². The number of amides is 2. The first kappa shape index (κ1) is 24.9. The normalized spacial score (nSPS) is 34.2. The average molecular weight is 495 g/mol. The SMILES string of the molecule is CC(C)N1CCN([C@H]2CCC[C@H](F)[C@@H]2NC(=O)N2CCC(C)(c3noc([C@@H]4C[C@@H]4F)n3)CC2)CC1. The summed E-state index contributed by atoms with van der Waals surface area (Å²) in [5.41, 5.74) is -0.314. The summed E-state index contributed by atoms with van der Waals surface area (Å²) in [5.74, 6) is 0.736. The maximum atomic E-state index is 15.1. The molecule has 1 N–H and O–H groups in total. The maximum absolute atomic E-state index is 15.1. The number of urea groups is 1. The number of piperidine rings is 1. The molecule has 5 atom stereocenters. The van der Waals surface area contributed by atoms with Crippen LogP contribution in [-0.2, 0) is 5.41 Å². The molecule has 0 unspecified atom stereocenters. The Hall–Kier alpha value is -1.81. The number of carbonyl (C=O) groups is 1. The average Bonchev–Trinajstić information content (AvgIpc) is 3.36. The van der Waals surface area contributed by atoms with Crippen molar-refractivity contribution in [3.63, 3.8) is 0 Å². The first-order valence-electron chi connectivity index (χ1n) is 13.4. The number of alkyl halides is 2. The second-order valence-electron chi connectivity index (χ2n) is 11.5. The minimum atomic E-state index is -1.02. The first-order chi connectivity index (χ1) is 16.7. The Morgan fingerprint density at radius 2 is 1.77 bits per heavy atom. The van der Waals surface area contributed by atoms with E-state index in [2.05, 4.69) is 46.0 Å². The molecule has 196 valence electrons. The lowest BCUT2D eigenvalue weighted by atomic mass is 9.79. The summed E-state index contributed by atoms with van der Waals surface area (Å²) in [7, 11) is 0. The molecule has 3 heterocycles. The van der Waals surface area contributed by atoms with Gasteiger partial charge in [-0.15, -0.1) is 0 Å². The standard InChI is InChI=1S/C25H40F2N6O2/c1-16(2)31-11-13-32(14-12-31)20-6-4-5-18(26)21(20)28-24(34)33-9-7-25(3,8-10-33)23-29-22(35-30-23)17-15-19(17)27/h16-21H,4-15H2,1-3H3,(H,28,34)/t17-,18+,19+,20+,21+/m1/s1. The van der Waals surface area contributed by atoms with E-state index in [0.717, 1.165) is 39.0 Å². The van der Waals surface area contributed by atoms with Gasteiger partial charge in [0.25, 0.3) is 0 Å². The van der Waals surface area contributed by atoms with E-state index in [1.165, 1.54) is 0 Å². The van der Waals surface area contributed by atoms with Crippen LogP contribution in [0.5, 0.6) is 0 Å². The van der Waals surface area contributed by atoms with Crippen LogP contribution in [-0.4, -0.2) is 101 Å². The van der Waals surface area contributed by atoms with E-state index in [-0.39, 0.29) is 23.4 Å². The predicted octanol–water partition coefficient (Wildman–Crippen LogP) is 3.24. The maximum Gasteiger partial charge on any atom is 0.317 e. The van der Waals surface area contributed by atoms with Gasteiger partial charge in [0, 0.05) is 56.8 Å². The summed E-state index contributed by atoms with van der Waals surface area (Å²) in [6.07, 6.45) is 2.23. The van der Waals surface area contributed by atoms with Crippen molar-refractivity contribution >= 4 is 6.03 Å². The number of nitrogens with one attached hydrogen (secondary N) is 1. The molecule has 2 amide bonds. The van der Waals surface area contributed by atoms with Crippen LogP contribution in [0.15, 0.2) is 4.52 Å². The number of aromatic nitrogens is 2. The third-order valence-electron chi connectivity index (χ3n) is 8.79. The Kier molecular flexibility index (Phi) is 7.05.